The lowest BCUT2D eigenvalue weighted by Gasteiger charge is -2.44. The van der Waals surface area contributed by atoms with Gasteiger partial charge < -0.3 is 24.3 Å². The Hall–Kier alpha value is -3.24. The average Bonchev–Trinajstić information content (AvgIpc) is 2.75. The maximum Gasteiger partial charge on any atom is 0.471 e. The van der Waals surface area contributed by atoms with Crippen molar-refractivity contribution >= 4 is 33.9 Å². The van der Waals surface area contributed by atoms with Crippen LogP contribution in [0.15, 0.2) is 29.2 Å². The summed E-state index contributed by atoms with van der Waals surface area (Å²) < 4.78 is 89.5. The van der Waals surface area contributed by atoms with Gasteiger partial charge in [-0.3, -0.25) is 23.4 Å². The van der Waals surface area contributed by atoms with Gasteiger partial charge in [-0.25, -0.2) is 0 Å². The average molecular weight is 555 g/mol. The Kier molecular flexibility index (Phi) is 9.62. The van der Waals surface area contributed by atoms with Crippen LogP contribution in [0.2, 0.25) is 0 Å². The van der Waals surface area contributed by atoms with Crippen LogP contribution in [-0.4, -0.2) is 75.7 Å². The van der Waals surface area contributed by atoms with E-state index < -0.39 is 77.4 Å². The van der Waals surface area contributed by atoms with Crippen molar-refractivity contribution < 1.29 is 63.9 Å². The molecular formula is C21H24F3NO11S. The zero-order chi connectivity index (χ0) is 28.1. The molecule has 0 aromatic heterocycles. The number of esters is 3. The van der Waals surface area contributed by atoms with E-state index in [0.717, 1.165) is 26.3 Å². The van der Waals surface area contributed by atoms with E-state index in [1.807, 2.05) is 0 Å². The van der Waals surface area contributed by atoms with Crippen LogP contribution in [0.25, 0.3) is 0 Å². The van der Waals surface area contributed by atoms with Crippen molar-refractivity contribution in [3.05, 3.63) is 29.8 Å². The number of amides is 1. The van der Waals surface area contributed by atoms with Gasteiger partial charge in [0.2, 0.25) is 6.29 Å². The summed E-state index contributed by atoms with van der Waals surface area (Å²) in [7, 11) is -4.42. The summed E-state index contributed by atoms with van der Waals surface area (Å²) in [6.45, 7) is 3.46. The lowest BCUT2D eigenvalue weighted by molar-refractivity contribution is -0.270. The highest BCUT2D eigenvalue weighted by molar-refractivity contribution is 7.86. The Balaban J connectivity index is 2.46. The monoisotopic (exact) mass is 555 g/mol. The van der Waals surface area contributed by atoms with E-state index in [-0.39, 0.29) is 4.90 Å². The van der Waals surface area contributed by atoms with Crippen LogP contribution in [0.3, 0.4) is 0 Å². The number of hydrogen-bond acceptors (Lipinski definition) is 11. The first-order valence-corrected chi connectivity index (χ1v) is 11.9. The Bertz CT molecular complexity index is 1120. The third-order valence-electron chi connectivity index (χ3n) is 4.78. The maximum atomic E-state index is 13.0. The molecule has 1 aromatic rings. The summed E-state index contributed by atoms with van der Waals surface area (Å²) in [5, 5.41) is 1.50. The molecule has 1 amide bonds. The SMILES string of the molecule is CC(=O)O[C@@H]1O[C@H](COS(=O)(=O)c2ccc(C)cc2)[C@@H](OC(C)=O)[C@H](OC(C)=O)[C@H]1NC(=O)C(F)(F)F. The molecular weight excluding hydrogens is 531 g/mol. The largest absolute Gasteiger partial charge is 0.471 e. The Morgan fingerprint density at radius 2 is 1.43 bits per heavy atom. The minimum Gasteiger partial charge on any atom is -0.456 e. The van der Waals surface area contributed by atoms with Gasteiger partial charge in [-0.1, -0.05) is 17.7 Å². The van der Waals surface area contributed by atoms with Crippen molar-refractivity contribution in [3.63, 3.8) is 0 Å². The van der Waals surface area contributed by atoms with Crippen LogP contribution in [0.4, 0.5) is 13.2 Å². The first kappa shape index (κ1) is 30.0. The van der Waals surface area contributed by atoms with E-state index in [1.54, 1.807) is 6.92 Å². The number of benzene rings is 1. The first-order valence-electron chi connectivity index (χ1n) is 10.5. The van der Waals surface area contributed by atoms with E-state index in [1.165, 1.54) is 29.6 Å². The molecule has 0 spiro atoms. The smallest absolute Gasteiger partial charge is 0.456 e. The van der Waals surface area contributed by atoms with Gasteiger partial charge in [0.1, 0.15) is 12.1 Å². The number of rotatable bonds is 8. The summed E-state index contributed by atoms with van der Waals surface area (Å²) >= 11 is 0. The van der Waals surface area contributed by atoms with Crippen LogP contribution < -0.4 is 5.32 Å². The van der Waals surface area contributed by atoms with Crippen LogP contribution in [0, 0.1) is 6.92 Å². The molecule has 0 saturated carbocycles. The molecule has 0 unspecified atom stereocenters. The minimum atomic E-state index is -5.40. The molecule has 206 valence electrons. The van der Waals surface area contributed by atoms with Crippen molar-refractivity contribution in [2.24, 2.45) is 0 Å². The second kappa shape index (κ2) is 11.9. The number of nitrogens with one attached hydrogen (secondary N) is 1. The normalized spacial score (nSPS) is 24.0. The van der Waals surface area contributed by atoms with E-state index in [9.17, 15) is 40.8 Å². The van der Waals surface area contributed by atoms with E-state index >= 15 is 0 Å². The Morgan fingerprint density at radius 1 is 0.919 bits per heavy atom. The number of ether oxygens (including phenoxy) is 4. The zero-order valence-corrected chi connectivity index (χ0v) is 20.8. The number of halogens is 3. The zero-order valence-electron chi connectivity index (χ0n) is 19.9. The molecule has 5 atom stereocenters. The second-order valence-corrected chi connectivity index (χ2v) is 9.46. The van der Waals surface area contributed by atoms with Crippen molar-refractivity contribution in [1.82, 2.24) is 5.32 Å². The summed E-state index contributed by atoms with van der Waals surface area (Å²) in [5.41, 5.74) is 0.755. The highest BCUT2D eigenvalue weighted by atomic mass is 32.2. The summed E-state index contributed by atoms with van der Waals surface area (Å²) in [5.74, 6) is -5.68. The number of aryl methyl sites for hydroxylation is 1. The third-order valence-corrected chi connectivity index (χ3v) is 6.08. The van der Waals surface area contributed by atoms with Gasteiger partial charge in [0.15, 0.2) is 12.2 Å². The molecule has 37 heavy (non-hydrogen) atoms. The lowest BCUT2D eigenvalue weighted by atomic mass is 9.96. The standard InChI is InChI=1S/C21H24F3NO11S/c1-10-5-7-14(8-6-10)37(30,31)32-9-15-17(33-11(2)26)18(34-12(3)27)16(19(36-15)35-13(4)28)25-20(29)21(22,23)24/h5-8,15-19H,9H2,1-4H3,(H,25,29)/t15-,16-,17-,18-,19-/m1/s1. The molecule has 1 saturated heterocycles. The number of hydrogen-bond donors (Lipinski definition) is 1. The number of alkyl halides is 3. The Labute approximate surface area is 209 Å². The fourth-order valence-corrected chi connectivity index (χ4v) is 4.20. The maximum absolute atomic E-state index is 13.0. The molecule has 1 aliphatic heterocycles. The molecule has 2 rings (SSSR count). The van der Waals surface area contributed by atoms with Gasteiger partial charge >= 0.3 is 30.0 Å². The molecule has 0 radical (unpaired) electrons. The molecule has 0 bridgehead atoms. The molecule has 1 heterocycles. The molecule has 1 aliphatic rings. The highest BCUT2D eigenvalue weighted by Crippen LogP contribution is 2.29. The van der Waals surface area contributed by atoms with Gasteiger partial charge in [-0.15, -0.1) is 0 Å². The van der Waals surface area contributed by atoms with Crippen molar-refractivity contribution in [3.8, 4) is 0 Å². The molecule has 12 nitrogen and oxygen atoms in total. The van der Waals surface area contributed by atoms with Crippen molar-refractivity contribution in [2.75, 3.05) is 6.61 Å². The quantitative estimate of drug-likeness (QED) is 0.276. The summed E-state index contributed by atoms with van der Waals surface area (Å²) in [6, 6.07) is 3.48. The number of carbonyl (C=O) groups excluding carboxylic acids is 4. The van der Waals surface area contributed by atoms with E-state index in [0.29, 0.717) is 0 Å². The van der Waals surface area contributed by atoms with E-state index in [2.05, 4.69) is 0 Å². The van der Waals surface area contributed by atoms with E-state index in [4.69, 9.17) is 23.1 Å². The van der Waals surface area contributed by atoms with Gasteiger partial charge in [0, 0.05) is 20.8 Å². The predicted molar refractivity (Wildman–Crippen MR) is 114 cm³/mol. The summed E-state index contributed by atoms with van der Waals surface area (Å²) in [6.07, 6.45) is -12.8. The second-order valence-electron chi connectivity index (χ2n) is 7.85. The first-order chi connectivity index (χ1) is 17.0. The highest BCUT2D eigenvalue weighted by Gasteiger charge is 2.54. The van der Waals surface area contributed by atoms with Gasteiger partial charge in [-0.2, -0.15) is 21.6 Å². The van der Waals surface area contributed by atoms with Gasteiger partial charge in [0.05, 0.1) is 11.5 Å². The predicted octanol–water partition coefficient (Wildman–Crippen LogP) is 0.899. The van der Waals surface area contributed by atoms with Crippen molar-refractivity contribution in [1.29, 1.82) is 0 Å². The van der Waals surface area contributed by atoms with Gasteiger partial charge in [-0.05, 0) is 19.1 Å². The van der Waals surface area contributed by atoms with Crippen LogP contribution >= 0.6 is 0 Å². The summed E-state index contributed by atoms with van der Waals surface area (Å²) in [4.78, 5) is 46.5. The molecule has 16 heteroatoms. The van der Waals surface area contributed by atoms with Crippen LogP contribution in [0.5, 0.6) is 0 Å². The topological polar surface area (TPSA) is 161 Å². The molecule has 0 aliphatic carbocycles. The molecule has 1 N–H and O–H groups in total. The molecule has 1 fully saturated rings. The number of carbonyl (C=O) groups is 4. The van der Waals surface area contributed by atoms with Gasteiger partial charge in [0.25, 0.3) is 10.1 Å². The van der Waals surface area contributed by atoms with Crippen molar-refractivity contribution in [2.45, 2.75) is 69.4 Å². The lowest BCUT2D eigenvalue weighted by Crippen LogP contribution is -2.67. The Morgan fingerprint density at radius 3 is 1.92 bits per heavy atom. The minimum absolute atomic E-state index is 0.249. The third kappa shape index (κ3) is 8.40. The van der Waals surface area contributed by atoms with Crippen LogP contribution in [0.1, 0.15) is 26.3 Å². The molecule has 1 aromatic carbocycles. The fourth-order valence-electron chi connectivity index (χ4n) is 3.28. The fraction of sp³-hybridized carbons (Fsp3) is 0.524. The van der Waals surface area contributed by atoms with Crippen LogP contribution in [-0.2, 0) is 52.4 Å².